The number of hydrogen-bond acceptors (Lipinski definition) is 4. The van der Waals surface area contributed by atoms with Crippen molar-refractivity contribution in [1.82, 2.24) is 4.90 Å². The van der Waals surface area contributed by atoms with Gasteiger partial charge in [0.15, 0.2) is 5.43 Å². The number of fused-ring (bicyclic) bond motifs is 2. The first kappa shape index (κ1) is 17.1. The maximum Gasteiger partial charge on any atom is 0.291 e. The molecule has 0 spiro atoms. The normalized spacial score (nSPS) is 16.0. The molecule has 5 heteroatoms. The standard InChI is InChI=1S/C22H19NO4/c1-4-8-23-18(14-6-5-7-15(24)11-14)17-19(25)16-10-12(2)9-13(3)20(16)27-21(17)22(23)26/h4-7,9-11,18,24H,1,8H2,2-3H3. The molecule has 27 heavy (non-hydrogen) atoms. The number of benzene rings is 2. The molecule has 3 aromatic rings. The van der Waals surface area contributed by atoms with Gasteiger partial charge in [0.2, 0.25) is 5.76 Å². The van der Waals surface area contributed by atoms with E-state index < -0.39 is 6.04 Å². The van der Waals surface area contributed by atoms with Crippen molar-refractivity contribution in [2.75, 3.05) is 6.54 Å². The zero-order chi connectivity index (χ0) is 19.3. The Kier molecular flexibility index (Phi) is 3.88. The van der Waals surface area contributed by atoms with Crippen LogP contribution in [-0.4, -0.2) is 22.5 Å². The number of hydrogen-bond donors (Lipinski definition) is 1. The fraction of sp³-hybridized carbons (Fsp3) is 0.182. The van der Waals surface area contributed by atoms with Crippen LogP contribution < -0.4 is 5.43 Å². The number of aryl methyl sites for hydroxylation is 2. The second-order valence-corrected chi connectivity index (χ2v) is 6.88. The number of phenols is 1. The van der Waals surface area contributed by atoms with Gasteiger partial charge >= 0.3 is 0 Å². The third-order valence-corrected chi connectivity index (χ3v) is 4.91. The molecule has 1 N–H and O–H groups in total. The number of aromatic hydroxyl groups is 1. The monoisotopic (exact) mass is 361 g/mol. The molecule has 0 saturated heterocycles. The number of carbonyl (C=O) groups excluding carboxylic acids is 1. The fourth-order valence-electron chi connectivity index (χ4n) is 3.84. The SMILES string of the molecule is C=CCN1C(=O)c2oc3c(C)cc(C)cc3c(=O)c2C1c1cccc(O)c1. The van der Waals surface area contributed by atoms with Crippen LogP contribution in [0.5, 0.6) is 5.75 Å². The van der Waals surface area contributed by atoms with Crippen LogP contribution in [0.2, 0.25) is 0 Å². The average Bonchev–Trinajstić information content (AvgIpc) is 2.89. The summed E-state index contributed by atoms with van der Waals surface area (Å²) in [5.74, 6) is -0.212. The van der Waals surface area contributed by atoms with Gasteiger partial charge in [0.1, 0.15) is 11.3 Å². The molecule has 2 aromatic carbocycles. The molecule has 0 aliphatic carbocycles. The summed E-state index contributed by atoms with van der Waals surface area (Å²) in [5, 5.41) is 10.4. The Balaban J connectivity index is 2.07. The van der Waals surface area contributed by atoms with Crippen molar-refractivity contribution in [3.05, 3.63) is 87.3 Å². The Morgan fingerprint density at radius 2 is 2.00 bits per heavy atom. The van der Waals surface area contributed by atoms with Crippen molar-refractivity contribution in [2.24, 2.45) is 0 Å². The summed E-state index contributed by atoms with van der Waals surface area (Å²) in [6.45, 7) is 7.76. The van der Waals surface area contributed by atoms with Gasteiger partial charge in [-0.15, -0.1) is 6.58 Å². The van der Waals surface area contributed by atoms with Gasteiger partial charge in [-0.25, -0.2) is 0 Å². The maximum absolute atomic E-state index is 13.4. The van der Waals surface area contributed by atoms with E-state index in [0.717, 1.165) is 11.1 Å². The lowest BCUT2D eigenvalue weighted by atomic mass is 9.97. The zero-order valence-corrected chi connectivity index (χ0v) is 15.2. The van der Waals surface area contributed by atoms with Gasteiger partial charge in [-0.2, -0.15) is 0 Å². The van der Waals surface area contributed by atoms with Gasteiger partial charge in [0.25, 0.3) is 5.91 Å². The molecule has 0 bridgehead atoms. The predicted molar refractivity (Wildman–Crippen MR) is 103 cm³/mol. The second kappa shape index (κ2) is 6.13. The van der Waals surface area contributed by atoms with Crippen molar-refractivity contribution in [3.8, 4) is 5.75 Å². The highest BCUT2D eigenvalue weighted by Crippen LogP contribution is 2.39. The average molecular weight is 361 g/mol. The van der Waals surface area contributed by atoms with Crippen LogP contribution in [0.25, 0.3) is 11.0 Å². The third kappa shape index (κ3) is 2.54. The second-order valence-electron chi connectivity index (χ2n) is 6.88. The van der Waals surface area contributed by atoms with E-state index in [2.05, 4.69) is 6.58 Å². The molecule has 1 atom stereocenters. The van der Waals surface area contributed by atoms with Crippen LogP contribution >= 0.6 is 0 Å². The summed E-state index contributed by atoms with van der Waals surface area (Å²) in [7, 11) is 0. The molecule has 1 unspecified atom stereocenters. The number of carbonyl (C=O) groups is 1. The minimum Gasteiger partial charge on any atom is -0.508 e. The summed E-state index contributed by atoms with van der Waals surface area (Å²) in [6.07, 6.45) is 1.61. The quantitative estimate of drug-likeness (QED) is 0.720. The molecule has 2 heterocycles. The van der Waals surface area contributed by atoms with E-state index >= 15 is 0 Å². The van der Waals surface area contributed by atoms with E-state index in [1.165, 1.54) is 0 Å². The maximum atomic E-state index is 13.4. The predicted octanol–water partition coefficient (Wildman–Crippen LogP) is 3.85. The first-order valence-corrected chi connectivity index (χ1v) is 8.71. The van der Waals surface area contributed by atoms with Crippen molar-refractivity contribution in [3.63, 3.8) is 0 Å². The Labute approximate surface area is 156 Å². The third-order valence-electron chi connectivity index (χ3n) is 4.91. The summed E-state index contributed by atoms with van der Waals surface area (Å²) in [5.41, 5.74) is 2.95. The first-order chi connectivity index (χ1) is 12.9. The molecule has 136 valence electrons. The van der Waals surface area contributed by atoms with E-state index in [1.54, 1.807) is 41.3 Å². The van der Waals surface area contributed by atoms with E-state index in [4.69, 9.17) is 4.42 Å². The number of rotatable bonds is 3. The Bertz CT molecular complexity index is 1160. The minimum atomic E-state index is -0.626. The van der Waals surface area contributed by atoms with Crippen LogP contribution in [0.3, 0.4) is 0 Å². The van der Waals surface area contributed by atoms with Crippen LogP contribution in [0.1, 0.15) is 38.9 Å². The smallest absolute Gasteiger partial charge is 0.291 e. The van der Waals surface area contributed by atoms with Crippen molar-refractivity contribution in [2.45, 2.75) is 19.9 Å². The molecule has 0 fully saturated rings. The molecule has 1 aliphatic heterocycles. The highest BCUT2D eigenvalue weighted by atomic mass is 16.3. The molecular formula is C22H19NO4. The highest BCUT2D eigenvalue weighted by Gasteiger charge is 2.42. The van der Waals surface area contributed by atoms with E-state index in [1.807, 2.05) is 19.9 Å². The van der Waals surface area contributed by atoms with Crippen LogP contribution in [0.4, 0.5) is 0 Å². The molecular weight excluding hydrogens is 342 g/mol. The lowest BCUT2D eigenvalue weighted by Crippen LogP contribution is -2.29. The van der Waals surface area contributed by atoms with Crippen molar-refractivity contribution >= 4 is 16.9 Å². The molecule has 5 nitrogen and oxygen atoms in total. The molecule has 1 aromatic heterocycles. The molecule has 0 radical (unpaired) electrons. The number of nitrogens with zero attached hydrogens (tertiary/aromatic N) is 1. The van der Waals surface area contributed by atoms with Gasteiger partial charge in [-0.05, 0) is 48.7 Å². The Hall–Kier alpha value is -3.34. The van der Waals surface area contributed by atoms with Gasteiger partial charge < -0.3 is 14.4 Å². The van der Waals surface area contributed by atoms with Crippen LogP contribution in [-0.2, 0) is 0 Å². The lowest BCUT2D eigenvalue weighted by Gasteiger charge is -2.23. The summed E-state index contributed by atoms with van der Waals surface area (Å²) < 4.78 is 5.95. The number of phenolic OH excluding ortho intramolecular Hbond substituents is 1. The van der Waals surface area contributed by atoms with E-state index in [0.29, 0.717) is 22.1 Å². The fourth-order valence-corrected chi connectivity index (χ4v) is 3.84. The molecule has 1 aliphatic rings. The van der Waals surface area contributed by atoms with E-state index in [-0.39, 0.29) is 29.4 Å². The molecule has 0 saturated carbocycles. The van der Waals surface area contributed by atoms with Gasteiger partial charge in [0, 0.05) is 6.54 Å². The van der Waals surface area contributed by atoms with E-state index in [9.17, 15) is 14.7 Å². The minimum absolute atomic E-state index is 0.0645. The summed E-state index contributed by atoms with van der Waals surface area (Å²) >= 11 is 0. The lowest BCUT2D eigenvalue weighted by molar-refractivity contribution is 0.0748. The molecule has 1 amide bonds. The highest BCUT2D eigenvalue weighted by molar-refractivity contribution is 5.99. The summed E-state index contributed by atoms with van der Waals surface area (Å²) in [6, 6.07) is 9.67. The zero-order valence-electron chi connectivity index (χ0n) is 15.2. The first-order valence-electron chi connectivity index (χ1n) is 8.71. The Morgan fingerprint density at radius 1 is 1.22 bits per heavy atom. The topological polar surface area (TPSA) is 70.8 Å². The number of amides is 1. The van der Waals surface area contributed by atoms with Crippen LogP contribution in [0, 0.1) is 13.8 Å². The molecule has 4 rings (SSSR count). The van der Waals surface area contributed by atoms with Gasteiger partial charge in [-0.3, -0.25) is 9.59 Å². The van der Waals surface area contributed by atoms with Gasteiger partial charge in [0.05, 0.1) is 17.0 Å². The van der Waals surface area contributed by atoms with Crippen molar-refractivity contribution < 1.29 is 14.3 Å². The summed E-state index contributed by atoms with van der Waals surface area (Å²) in [4.78, 5) is 27.9. The van der Waals surface area contributed by atoms with Crippen molar-refractivity contribution in [1.29, 1.82) is 0 Å². The largest absolute Gasteiger partial charge is 0.508 e. The Morgan fingerprint density at radius 3 is 2.70 bits per heavy atom. The van der Waals surface area contributed by atoms with Gasteiger partial charge in [-0.1, -0.05) is 24.3 Å². The van der Waals surface area contributed by atoms with Crippen LogP contribution in [0.15, 0.2) is 58.3 Å².